The first-order valence-electron chi connectivity index (χ1n) is 6.18. The van der Waals surface area contributed by atoms with Gasteiger partial charge in [-0.15, -0.1) is 5.10 Å². The summed E-state index contributed by atoms with van der Waals surface area (Å²) in [6.45, 7) is 3.19. The number of rotatable bonds is 2. The average molecular weight is 258 g/mol. The molecule has 2 aromatic rings. The number of carbonyl (C=O) groups is 1. The van der Waals surface area contributed by atoms with E-state index in [1.54, 1.807) is 22.0 Å². The van der Waals surface area contributed by atoms with Crippen LogP contribution in [-0.2, 0) is 0 Å². The molecule has 0 radical (unpaired) electrons. The highest BCUT2D eigenvalue weighted by Crippen LogP contribution is 2.21. The van der Waals surface area contributed by atoms with Gasteiger partial charge in [-0.25, -0.2) is 9.67 Å². The molecule has 0 aromatic carbocycles. The van der Waals surface area contributed by atoms with Crippen LogP contribution in [0.1, 0.15) is 28.6 Å². The number of aryl methyl sites for hydroxylation is 1. The lowest BCUT2D eigenvalue weighted by Gasteiger charge is -2.15. The van der Waals surface area contributed by atoms with Crippen LogP contribution in [0.2, 0.25) is 0 Å². The first kappa shape index (κ1) is 11.8. The first-order valence-corrected chi connectivity index (χ1v) is 6.18. The van der Waals surface area contributed by atoms with E-state index in [0.29, 0.717) is 18.8 Å². The SMILES string of the molecule is Cc1cnc(C(=O)N2CC[C@H](n3ccnn3)C2)cn1. The van der Waals surface area contributed by atoms with Gasteiger partial charge in [-0.2, -0.15) is 0 Å². The molecule has 1 aliphatic rings. The molecule has 0 saturated carbocycles. The number of hydrogen-bond acceptors (Lipinski definition) is 5. The molecule has 1 atom stereocenters. The first-order chi connectivity index (χ1) is 9.24. The van der Waals surface area contributed by atoms with Gasteiger partial charge in [-0.05, 0) is 13.3 Å². The Kier molecular flexibility index (Phi) is 2.94. The van der Waals surface area contributed by atoms with Gasteiger partial charge in [-0.3, -0.25) is 9.78 Å². The zero-order valence-electron chi connectivity index (χ0n) is 10.6. The minimum absolute atomic E-state index is 0.0740. The predicted octanol–water partition coefficient (Wildman–Crippen LogP) is 0.464. The molecule has 0 aliphatic carbocycles. The summed E-state index contributed by atoms with van der Waals surface area (Å²) in [6, 6.07) is 0.199. The molecule has 19 heavy (non-hydrogen) atoms. The van der Waals surface area contributed by atoms with Crippen LogP contribution >= 0.6 is 0 Å². The van der Waals surface area contributed by atoms with Crippen LogP contribution in [0.4, 0.5) is 0 Å². The highest BCUT2D eigenvalue weighted by Gasteiger charge is 2.29. The van der Waals surface area contributed by atoms with Gasteiger partial charge in [-0.1, -0.05) is 5.21 Å². The van der Waals surface area contributed by atoms with E-state index in [1.807, 2.05) is 13.1 Å². The normalized spacial score (nSPS) is 18.8. The molecule has 0 spiro atoms. The predicted molar refractivity (Wildman–Crippen MR) is 66.3 cm³/mol. The lowest BCUT2D eigenvalue weighted by molar-refractivity contribution is 0.0780. The van der Waals surface area contributed by atoms with Crippen LogP contribution in [0.15, 0.2) is 24.8 Å². The summed E-state index contributed by atoms with van der Waals surface area (Å²) in [6.07, 6.45) is 7.49. The third-order valence-corrected chi connectivity index (χ3v) is 3.27. The van der Waals surface area contributed by atoms with Gasteiger partial charge >= 0.3 is 0 Å². The molecule has 0 N–H and O–H groups in total. The van der Waals surface area contributed by atoms with Crippen molar-refractivity contribution in [2.24, 2.45) is 0 Å². The summed E-state index contributed by atoms with van der Waals surface area (Å²) in [5, 5.41) is 7.77. The minimum atomic E-state index is -0.0740. The number of amides is 1. The number of likely N-dealkylation sites (tertiary alicyclic amines) is 1. The Balaban J connectivity index is 1.71. The number of aromatic nitrogens is 5. The maximum atomic E-state index is 12.3. The summed E-state index contributed by atoms with van der Waals surface area (Å²) in [4.78, 5) is 22.3. The molecule has 0 unspecified atom stereocenters. The van der Waals surface area contributed by atoms with Gasteiger partial charge in [0, 0.05) is 25.5 Å². The molecule has 0 bridgehead atoms. The van der Waals surface area contributed by atoms with Crippen molar-refractivity contribution < 1.29 is 4.79 Å². The van der Waals surface area contributed by atoms with Gasteiger partial charge in [0.2, 0.25) is 0 Å². The van der Waals surface area contributed by atoms with Crippen molar-refractivity contribution in [2.45, 2.75) is 19.4 Å². The molecule has 1 fully saturated rings. The maximum absolute atomic E-state index is 12.3. The summed E-state index contributed by atoms with van der Waals surface area (Å²) in [5.41, 5.74) is 1.20. The zero-order chi connectivity index (χ0) is 13.2. The average Bonchev–Trinajstić information content (AvgIpc) is 3.10. The highest BCUT2D eigenvalue weighted by molar-refractivity contribution is 5.92. The molecule has 1 amide bonds. The van der Waals surface area contributed by atoms with Crippen LogP contribution in [0.25, 0.3) is 0 Å². The second-order valence-electron chi connectivity index (χ2n) is 4.62. The van der Waals surface area contributed by atoms with Crippen LogP contribution in [0, 0.1) is 6.92 Å². The lowest BCUT2D eigenvalue weighted by Crippen LogP contribution is -2.30. The molecule has 2 aromatic heterocycles. The molecule has 3 heterocycles. The van der Waals surface area contributed by atoms with E-state index in [2.05, 4.69) is 20.3 Å². The fourth-order valence-corrected chi connectivity index (χ4v) is 2.22. The van der Waals surface area contributed by atoms with Crippen molar-refractivity contribution >= 4 is 5.91 Å². The molecule has 1 aliphatic heterocycles. The number of hydrogen-bond donors (Lipinski definition) is 0. The van der Waals surface area contributed by atoms with E-state index in [-0.39, 0.29) is 11.9 Å². The van der Waals surface area contributed by atoms with Gasteiger partial charge in [0.1, 0.15) is 5.69 Å². The Morgan fingerprint density at radius 3 is 2.95 bits per heavy atom. The Morgan fingerprint density at radius 1 is 1.37 bits per heavy atom. The van der Waals surface area contributed by atoms with Crippen LogP contribution < -0.4 is 0 Å². The van der Waals surface area contributed by atoms with Crippen molar-refractivity contribution in [3.63, 3.8) is 0 Å². The zero-order valence-corrected chi connectivity index (χ0v) is 10.6. The Labute approximate surface area is 110 Å². The summed E-state index contributed by atoms with van der Waals surface area (Å²) in [5.74, 6) is -0.0740. The second kappa shape index (κ2) is 4.75. The molecular weight excluding hydrogens is 244 g/mol. The minimum Gasteiger partial charge on any atom is -0.335 e. The molecular formula is C12H14N6O. The quantitative estimate of drug-likeness (QED) is 0.782. The Bertz CT molecular complexity index is 564. The highest BCUT2D eigenvalue weighted by atomic mass is 16.2. The molecule has 3 rings (SSSR count). The van der Waals surface area contributed by atoms with E-state index < -0.39 is 0 Å². The van der Waals surface area contributed by atoms with Crippen LogP contribution in [0.5, 0.6) is 0 Å². The van der Waals surface area contributed by atoms with Crippen LogP contribution in [0.3, 0.4) is 0 Å². The molecule has 1 saturated heterocycles. The smallest absolute Gasteiger partial charge is 0.274 e. The summed E-state index contributed by atoms with van der Waals surface area (Å²) >= 11 is 0. The van der Waals surface area contributed by atoms with Crippen molar-refractivity contribution in [1.82, 2.24) is 29.9 Å². The second-order valence-corrected chi connectivity index (χ2v) is 4.62. The van der Waals surface area contributed by atoms with Gasteiger partial charge in [0.25, 0.3) is 5.91 Å². The molecule has 7 heteroatoms. The van der Waals surface area contributed by atoms with Gasteiger partial charge in [0.05, 0.1) is 24.1 Å². The standard InChI is InChI=1S/C12H14N6O/c1-9-6-14-11(7-13-9)12(19)17-4-2-10(8-17)18-5-3-15-16-18/h3,5-7,10H,2,4,8H2,1H3/t10-/m0/s1. The molecule has 7 nitrogen and oxygen atoms in total. The van der Waals surface area contributed by atoms with Crippen molar-refractivity contribution in [3.8, 4) is 0 Å². The fraction of sp³-hybridized carbons (Fsp3) is 0.417. The van der Waals surface area contributed by atoms with Gasteiger partial charge in [0.15, 0.2) is 0 Å². The third-order valence-electron chi connectivity index (χ3n) is 3.27. The largest absolute Gasteiger partial charge is 0.335 e. The topological polar surface area (TPSA) is 76.8 Å². The third kappa shape index (κ3) is 2.31. The summed E-state index contributed by atoms with van der Waals surface area (Å²) < 4.78 is 1.80. The lowest BCUT2D eigenvalue weighted by atomic mass is 10.3. The fourth-order valence-electron chi connectivity index (χ4n) is 2.22. The molecule has 98 valence electrons. The Hall–Kier alpha value is -2.31. The van der Waals surface area contributed by atoms with E-state index in [0.717, 1.165) is 12.1 Å². The van der Waals surface area contributed by atoms with E-state index in [4.69, 9.17) is 0 Å². The monoisotopic (exact) mass is 258 g/mol. The van der Waals surface area contributed by atoms with E-state index in [1.165, 1.54) is 6.20 Å². The van der Waals surface area contributed by atoms with Crippen LogP contribution in [-0.4, -0.2) is 48.9 Å². The Morgan fingerprint density at radius 2 is 2.26 bits per heavy atom. The van der Waals surface area contributed by atoms with Crippen molar-refractivity contribution in [2.75, 3.05) is 13.1 Å². The number of carbonyl (C=O) groups excluding carboxylic acids is 1. The van der Waals surface area contributed by atoms with E-state index >= 15 is 0 Å². The van der Waals surface area contributed by atoms with Crippen molar-refractivity contribution in [3.05, 3.63) is 36.2 Å². The summed E-state index contributed by atoms with van der Waals surface area (Å²) in [7, 11) is 0. The van der Waals surface area contributed by atoms with E-state index in [9.17, 15) is 4.79 Å². The van der Waals surface area contributed by atoms with Gasteiger partial charge < -0.3 is 4.90 Å². The number of nitrogens with zero attached hydrogens (tertiary/aromatic N) is 6. The van der Waals surface area contributed by atoms with Crippen molar-refractivity contribution in [1.29, 1.82) is 0 Å². The maximum Gasteiger partial charge on any atom is 0.274 e.